The van der Waals surface area contributed by atoms with Gasteiger partial charge < -0.3 is 0 Å². The van der Waals surface area contributed by atoms with Crippen molar-refractivity contribution in [3.63, 3.8) is 0 Å². The number of carbonyl (C=O) groups excluding carboxylic acids is 1. The lowest BCUT2D eigenvalue weighted by molar-refractivity contribution is -0.121. The highest BCUT2D eigenvalue weighted by atomic mass is 35.5. The molecule has 0 aliphatic carbocycles. The van der Waals surface area contributed by atoms with E-state index in [9.17, 15) is 13.2 Å². The number of benzene rings is 3. The van der Waals surface area contributed by atoms with Gasteiger partial charge in [0.05, 0.1) is 21.7 Å². The molecular weight excluding hydrogens is 514 g/mol. The normalized spacial score (nSPS) is 16.4. The van der Waals surface area contributed by atoms with Crippen LogP contribution in [0.1, 0.15) is 30.9 Å². The number of amides is 1. The van der Waals surface area contributed by atoms with Crippen molar-refractivity contribution in [2.45, 2.75) is 43.7 Å². The summed E-state index contributed by atoms with van der Waals surface area (Å²) >= 11 is 7.42. The quantitative estimate of drug-likeness (QED) is 0.293. The molecule has 36 heavy (non-hydrogen) atoms. The van der Waals surface area contributed by atoms with E-state index in [2.05, 4.69) is 13.0 Å². The lowest BCUT2D eigenvalue weighted by Gasteiger charge is -2.28. The predicted molar refractivity (Wildman–Crippen MR) is 145 cm³/mol. The highest BCUT2D eigenvalue weighted by Gasteiger charge is 2.42. The smallest absolute Gasteiger partial charge is 0.247 e. The molecule has 0 bridgehead atoms. The van der Waals surface area contributed by atoms with E-state index in [1.807, 2.05) is 42.5 Å². The standard InChI is InChI=1S/C27H26ClN3O3S2/c1-2-19-10-15-23-25(17-19)35-27(29-23)30(18-20-7-4-3-5-8-20)26(32)24-9-6-16-31(24)36(33,34)22-13-11-21(28)12-14-22/h3-5,7-8,10-15,17,24H,2,6,9,16,18H2,1H3. The second kappa shape index (κ2) is 10.3. The van der Waals surface area contributed by atoms with Gasteiger partial charge in [-0.25, -0.2) is 13.4 Å². The molecular formula is C27H26ClN3O3S2. The van der Waals surface area contributed by atoms with Crippen molar-refractivity contribution in [1.82, 2.24) is 9.29 Å². The number of nitrogens with zero attached hydrogens (tertiary/aromatic N) is 3. The highest BCUT2D eigenvalue weighted by molar-refractivity contribution is 7.89. The van der Waals surface area contributed by atoms with Gasteiger partial charge in [-0.3, -0.25) is 9.69 Å². The van der Waals surface area contributed by atoms with Crippen LogP contribution in [0.4, 0.5) is 5.13 Å². The maximum absolute atomic E-state index is 14.1. The van der Waals surface area contributed by atoms with Crippen LogP contribution in [-0.4, -0.2) is 36.2 Å². The largest absolute Gasteiger partial charge is 0.282 e. The molecule has 1 aliphatic heterocycles. The zero-order chi connectivity index (χ0) is 25.3. The summed E-state index contributed by atoms with van der Waals surface area (Å²) in [4.78, 5) is 20.6. The van der Waals surface area contributed by atoms with E-state index < -0.39 is 16.1 Å². The van der Waals surface area contributed by atoms with Gasteiger partial charge in [-0.2, -0.15) is 4.31 Å². The second-order valence-electron chi connectivity index (χ2n) is 8.79. The van der Waals surface area contributed by atoms with Crippen LogP contribution in [0, 0.1) is 0 Å². The Morgan fingerprint density at radius 1 is 1.08 bits per heavy atom. The molecule has 1 fully saturated rings. The van der Waals surface area contributed by atoms with E-state index in [0.29, 0.717) is 36.1 Å². The Morgan fingerprint density at radius 3 is 2.56 bits per heavy atom. The molecule has 1 amide bonds. The first-order chi connectivity index (χ1) is 17.4. The van der Waals surface area contributed by atoms with Crippen molar-refractivity contribution in [3.8, 4) is 0 Å². The average Bonchev–Trinajstić information content (AvgIpc) is 3.55. The first kappa shape index (κ1) is 24.9. The minimum Gasteiger partial charge on any atom is -0.282 e. The first-order valence-corrected chi connectivity index (χ1v) is 14.5. The van der Waals surface area contributed by atoms with Gasteiger partial charge in [0.2, 0.25) is 15.9 Å². The minimum atomic E-state index is -3.86. The van der Waals surface area contributed by atoms with Gasteiger partial charge in [-0.1, -0.05) is 66.3 Å². The van der Waals surface area contributed by atoms with Crippen molar-refractivity contribution in [1.29, 1.82) is 0 Å². The topological polar surface area (TPSA) is 70.6 Å². The molecule has 1 aromatic heterocycles. The Balaban J connectivity index is 1.52. The zero-order valence-corrected chi connectivity index (χ0v) is 22.2. The van der Waals surface area contributed by atoms with Crippen LogP contribution < -0.4 is 4.90 Å². The number of thiazole rings is 1. The molecule has 1 aliphatic rings. The third-order valence-electron chi connectivity index (χ3n) is 6.44. The monoisotopic (exact) mass is 539 g/mol. The summed E-state index contributed by atoms with van der Waals surface area (Å²) in [7, 11) is -3.86. The number of aryl methyl sites for hydroxylation is 1. The second-order valence-corrected chi connectivity index (χ2v) is 12.1. The third kappa shape index (κ3) is 4.91. The number of carbonyl (C=O) groups is 1. The summed E-state index contributed by atoms with van der Waals surface area (Å²) in [6.07, 6.45) is 1.99. The van der Waals surface area contributed by atoms with Crippen molar-refractivity contribution >= 4 is 54.2 Å². The number of sulfonamides is 1. The van der Waals surface area contributed by atoms with Crippen LogP contribution >= 0.6 is 22.9 Å². The van der Waals surface area contributed by atoms with Crippen molar-refractivity contribution < 1.29 is 13.2 Å². The number of hydrogen-bond donors (Lipinski definition) is 0. The van der Waals surface area contributed by atoms with Gasteiger partial charge in [0.25, 0.3) is 0 Å². The summed E-state index contributed by atoms with van der Waals surface area (Å²) in [5.41, 5.74) is 2.98. The van der Waals surface area contributed by atoms with Crippen molar-refractivity contribution in [3.05, 3.63) is 88.9 Å². The van der Waals surface area contributed by atoms with E-state index >= 15 is 0 Å². The zero-order valence-electron chi connectivity index (χ0n) is 19.8. The number of rotatable bonds is 7. The van der Waals surface area contributed by atoms with Gasteiger partial charge in [-0.05, 0) is 66.8 Å². The molecule has 0 radical (unpaired) electrons. The number of halogens is 1. The molecule has 4 aromatic rings. The Labute approximate surface area is 220 Å². The van der Waals surface area contributed by atoms with E-state index in [0.717, 1.165) is 22.2 Å². The molecule has 1 unspecified atom stereocenters. The summed E-state index contributed by atoms with van der Waals surface area (Å²) in [5.74, 6) is -0.260. The van der Waals surface area contributed by atoms with Crippen LogP contribution in [0.2, 0.25) is 5.02 Å². The Bertz CT molecular complexity index is 1490. The molecule has 2 heterocycles. The van der Waals surface area contributed by atoms with Gasteiger partial charge in [0, 0.05) is 11.6 Å². The summed E-state index contributed by atoms with van der Waals surface area (Å²) in [6, 6.07) is 21.1. The SMILES string of the molecule is CCc1ccc2nc(N(Cc3ccccc3)C(=O)C3CCCN3S(=O)(=O)c3ccc(Cl)cc3)sc2c1. The summed E-state index contributed by atoms with van der Waals surface area (Å²) < 4.78 is 29.3. The van der Waals surface area contributed by atoms with Crippen LogP contribution in [0.25, 0.3) is 10.2 Å². The Hall–Kier alpha value is -2.78. The fourth-order valence-electron chi connectivity index (χ4n) is 4.49. The summed E-state index contributed by atoms with van der Waals surface area (Å²) in [5, 5.41) is 1.03. The number of hydrogen-bond acceptors (Lipinski definition) is 5. The van der Waals surface area contributed by atoms with Crippen LogP contribution in [0.3, 0.4) is 0 Å². The number of anilines is 1. The lowest BCUT2D eigenvalue weighted by Crippen LogP contribution is -2.47. The Kier molecular flexibility index (Phi) is 7.12. The summed E-state index contributed by atoms with van der Waals surface area (Å²) in [6.45, 7) is 2.70. The molecule has 9 heteroatoms. The van der Waals surface area contributed by atoms with Crippen LogP contribution in [0.15, 0.2) is 77.7 Å². The molecule has 0 saturated carbocycles. The van der Waals surface area contributed by atoms with Gasteiger partial charge in [0.15, 0.2) is 5.13 Å². The fourth-order valence-corrected chi connectivity index (χ4v) is 7.31. The maximum atomic E-state index is 14.1. The third-order valence-corrected chi connectivity index (χ3v) is 9.65. The maximum Gasteiger partial charge on any atom is 0.247 e. The number of aromatic nitrogens is 1. The fraction of sp³-hybridized carbons (Fsp3) is 0.259. The first-order valence-electron chi connectivity index (χ1n) is 11.9. The van der Waals surface area contributed by atoms with Crippen LogP contribution in [0.5, 0.6) is 0 Å². The molecule has 186 valence electrons. The van der Waals surface area contributed by atoms with E-state index in [4.69, 9.17) is 16.6 Å². The van der Waals surface area contributed by atoms with Gasteiger partial charge >= 0.3 is 0 Å². The van der Waals surface area contributed by atoms with E-state index in [-0.39, 0.29) is 10.8 Å². The predicted octanol–water partition coefficient (Wildman–Crippen LogP) is 5.90. The highest BCUT2D eigenvalue weighted by Crippen LogP contribution is 2.34. The molecule has 6 nitrogen and oxygen atoms in total. The van der Waals surface area contributed by atoms with Gasteiger partial charge in [0.1, 0.15) is 6.04 Å². The van der Waals surface area contributed by atoms with E-state index in [1.54, 1.807) is 17.0 Å². The van der Waals surface area contributed by atoms with Crippen molar-refractivity contribution in [2.75, 3.05) is 11.4 Å². The molecule has 1 atom stereocenters. The molecule has 5 rings (SSSR count). The van der Waals surface area contributed by atoms with Gasteiger partial charge in [-0.15, -0.1) is 0 Å². The van der Waals surface area contributed by atoms with E-state index in [1.165, 1.54) is 33.3 Å². The molecule has 3 aromatic carbocycles. The number of fused-ring (bicyclic) bond motifs is 1. The lowest BCUT2D eigenvalue weighted by atomic mass is 10.1. The Morgan fingerprint density at radius 2 is 1.83 bits per heavy atom. The minimum absolute atomic E-state index is 0.133. The average molecular weight is 540 g/mol. The van der Waals surface area contributed by atoms with Crippen molar-refractivity contribution in [2.24, 2.45) is 0 Å². The molecule has 1 saturated heterocycles. The molecule has 0 N–H and O–H groups in total. The molecule has 0 spiro atoms. The van der Waals surface area contributed by atoms with Crippen LogP contribution in [-0.2, 0) is 27.8 Å².